The summed E-state index contributed by atoms with van der Waals surface area (Å²) in [5.74, 6) is 2.15. The number of hydrogen-bond acceptors (Lipinski definition) is 7. The first-order valence-electron chi connectivity index (χ1n) is 8.54. The molecular weight excluding hydrogens is 322 g/mol. The monoisotopic (exact) mass is 345 g/mol. The minimum atomic E-state index is -0.213. The quantitative estimate of drug-likeness (QED) is 0.816. The number of carbonyl (C=O) groups excluding carboxylic acids is 1. The average Bonchev–Trinajstić information content (AvgIpc) is 3.09. The van der Waals surface area contributed by atoms with E-state index in [1.54, 1.807) is 6.20 Å². The molecule has 0 radical (unpaired) electrons. The summed E-state index contributed by atoms with van der Waals surface area (Å²) in [5.41, 5.74) is 0.809. The minimum absolute atomic E-state index is 0.0587. The molecule has 3 rings (SSSR count). The molecule has 0 spiro atoms. The van der Waals surface area contributed by atoms with Gasteiger partial charge in [-0.15, -0.1) is 0 Å². The smallest absolute Gasteiger partial charge is 0.227 e. The molecule has 1 saturated heterocycles. The highest BCUT2D eigenvalue weighted by atomic mass is 16.5. The molecule has 25 heavy (non-hydrogen) atoms. The van der Waals surface area contributed by atoms with Crippen molar-refractivity contribution in [2.45, 2.75) is 45.6 Å². The van der Waals surface area contributed by atoms with Gasteiger partial charge in [0.25, 0.3) is 0 Å². The Morgan fingerprint density at radius 2 is 2.24 bits per heavy atom. The maximum Gasteiger partial charge on any atom is 0.227 e. The number of hydrogen-bond donors (Lipinski definition) is 0. The Balaban J connectivity index is 1.56. The second-order valence-electron chi connectivity index (χ2n) is 6.43. The van der Waals surface area contributed by atoms with Gasteiger partial charge in [0.1, 0.15) is 11.9 Å². The third-order valence-corrected chi connectivity index (χ3v) is 4.10. The molecule has 1 amide bonds. The molecule has 0 bridgehead atoms. The maximum absolute atomic E-state index is 12.5. The van der Waals surface area contributed by atoms with E-state index in [0.29, 0.717) is 50.1 Å². The molecule has 0 N–H and O–H groups in total. The lowest BCUT2D eigenvalue weighted by molar-refractivity contribution is -0.139. The van der Waals surface area contributed by atoms with Crippen LogP contribution < -0.4 is 0 Å². The van der Waals surface area contributed by atoms with E-state index in [4.69, 9.17) is 9.26 Å². The summed E-state index contributed by atoms with van der Waals surface area (Å²) in [6, 6.07) is 1.83. The van der Waals surface area contributed by atoms with Gasteiger partial charge >= 0.3 is 0 Å². The summed E-state index contributed by atoms with van der Waals surface area (Å²) >= 11 is 0. The van der Waals surface area contributed by atoms with Crippen molar-refractivity contribution in [2.24, 2.45) is 0 Å². The predicted molar refractivity (Wildman–Crippen MR) is 88.8 cm³/mol. The second-order valence-corrected chi connectivity index (χ2v) is 6.43. The van der Waals surface area contributed by atoms with Crippen molar-refractivity contribution in [3.8, 4) is 0 Å². The van der Waals surface area contributed by atoms with Gasteiger partial charge in [-0.2, -0.15) is 4.98 Å². The molecule has 1 fully saturated rings. The average molecular weight is 345 g/mol. The van der Waals surface area contributed by atoms with Crippen LogP contribution in [-0.2, 0) is 16.0 Å². The van der Waals surface area contributed by atoms with Crippen molar-refractivity contribution in [1.29, 1.82) is 0 Å². The van der Waals surface area contributed by atoms with Crippen LogP contribution in [0.4, 0.5) is 0 Å². The van der Waals surface area contributed by atoms with Gasteiger partial charge in [0, 0.05) is 31.5 Å². The minimum Gasteiger partial charge on any atom is -0.368 e. The van der Waals surface area contributed by atoms with Crippen molar-refractivity contribution in [3.05, 3.63) is 35.5 Å². The summed E-state index contributed by atoms with van der Waals surface area (Å²) in [5, 5.41) is 3.92. The Kier molecular flexibility index (Phi) is 5.37. The third kappa shape index (κ3) is 4.39. The number of rotatable bonds is 5. The van der Waals surface area contributed by atoms with E-state index >= 15 is 0 Å². The summed E-state index contributed by atoms with van der Waals surface area (Å²) in [6.45, 7) is 7.42. The summed E-state index contributed by atoms with van der Waals surface area (Å²) in [4.78, 5) is 27.1. The third-order valence-electron chi connectivity index (χ3n) is 4.10. The van der Waals surface area contributed by atoms with Gasteiger partial charge in [-0.05, 0) is 13.0 Å². The zero-order valence-corrected chi connectivity index (χ0v) is 14.8. The Hall–Kier alpha value is -2.35. The highest BCUT2D eigenvalue weighted by Gasteiger charge is 2.26. The highest BCUT2D eigenvalue weighted by molar-refractivity contribution is 5.76. The number of amides is 1. The van der Waals surface area contributed by atoms with E-state index in [1.165, 1.54) is 0 Å². The molecule has 1 atom stereocenters. The summed E-state index contributed by atoms with van der Waals surface area (Å²) in [7, 11) is 0. The van der Waals surface area contributed by atoms with Crippen LogP contribution in [-0.4, -0.2) is 50.6 Å². The lowest BCUT2D eigenvalue weighted by Gasteiger charge is -2.32. The molecule has 2 aromatic rings. The largest absolute Gasteiger partial charge is 0.368 e. The number of ether oxygens (including phenoxy) is 1. The molecule has 1 aliphatic heterocycles. The van der Waals surface area contributed by atoms with Gasteiger partial charge < -0.3 is 14.2 Å². The highest BCUT2D eigenvalue weighted by Crippen LogP contribution is 2.21. The predicted octanol–water partition coefficient (Wildman–Crippen LogP) is 1.82. The van der Waals surface area contributed by atoms with Crippen LogP contribution in [0.15, 0.2) is 16.8 Å². The number of aromatic nitrogens is 4. The van der Waals surface area contributed by atoms with E-state index < -0.39 is 0 Å². The Bertz CT molecular complexity index is 731. The van der Waals surface area contributed by atoms with Crippen LogP contribution >= 0.6 is 0 Å². The fourth-order valence-electron chi connectivity index (χ4n) is 2.68. The lowest BCUT2D eigenvalue weighted by Crippen LogP contribution is -2.42. The van der Waals surface area contributed by atoms with Gasteiger partial charge in [0.05, 0.1) is 18.8 Å². The fraction of sp³-hybridized carbons (Fsp3) is 0.588. The second kappa shape index (κ2) is 7.69. The molecule has 0 aromatic carbocycles. The molecular formula is C17H23N5O3. The number of morpholine rings is 1. The van der Waals surface area contributed by atoms with Crippen LogP contribution in [0, 0.1) is 6.92 Å². The molecule has 134 valence electrons. The van der Waals surface area contributed by atoms with Crippen molar-refractivity contribution in [1.82, 2.24) is 25.0 Å². The van der Waals surface area contributed by atoms with E-state index in [9.17, 15) is 4.79 Å². The lowest BCUT2D eigenvalue weighted by atomic mass is 10.1. The first kappa shape index (κ1) is 17.5. The van der Waals surface area contributed by atoms with Gasteiger partial charge in [0.15, 0.2) is 5.82 Å². The van der Waals surface area contributed by atoms with E-state index in [-0.39, 0.29) is 17.9 Å². The molecule has 8 nitrogen and oxygen atoms in total. The van der Waals surface area contributed by atoms with Crippen LogP contribution in [0.1, 0.15) is 55.5 Å². The number of nitrogens with zero attached hydrogens (tertiary/aromatic N) is 5. The Morgan fingerprint density at radius 1 is 1.40 bits per heavy atom. The SMILES string of the molecule is Cc1nccc([C@H]2CN(C(=O)CCc3nc(C(C)C)no3)CCO2)n1. The van der Waals surface area contributed by atoms with Crippen molar-refractivity contribution < 1.29 is 14.1 Å². The van der Waals surface area contributed by atoms with Crippen LogP contribution in [0.2, 0.25) is 0 Å². The Morgan fingerprint density at radius 3 is 2.96 bits per heavy atom. The molecule has 0 unspecified atom stereocenters. The van der Waals surface area contributed by atoms with Crippen molar-refractivity contribution in [2.75, 3.05) is 19.7 Å². The molecule has 0 saturated carbocycles. The first-order chi connectivity index (χ1) is 12.0. The van der Waals surface area contributed by atoms with E-state index in [2.05, 4.69) is 20.1 Å². The number of aryl methyl sites for hydroxylation is 2. The zero-order valence-electron chi connectivity index (χ0n) is 14.8. The maximum atomic E-state index is 12.5. The van der Waals surface area contributed by atoms with E-state index in [1.807, 2.05) is 31.7 Å². The van der Waals surface area contributed by atoms with Gasteiger partial charge in [-0.25, -0.2) is 9.97 Å². The molecule has 2 aromatic heterocycles. The Labute approximate surface area is 146 Å². The molecule has 8 heteroatoms. The zero-order chi connectivity index (χ0) is 17.8. The van der Waals surface area contributed by atoms with Gasteiger partial charge in [-0.3, -0.25) is 4.79 Å². The summed E-state index contributed by atoms with van der Waals surface area (Å²) in [6.07, 6.45) is 2.29. The number of carbonyl (C=O) groups is 1. The van der Waals surface area contributed by atoms with Crippen molar-refractivity contribution in [3.63, 3.8) is 0 Å². The summed E-state index contributed by atoms with van der Waals surface area (Å²) < 4.78 is 11.0. The molecule has 3 heterocycles. The fourth-order valence-corrected chi connectivity index (χ4v) is 2.68. The van der Waals surface area contributed by atoms with Gasteiger partial charge in [0.2, 0.25) is 11.8 Å². The van der Waals surface area contributed by atoms with Crippen LogP contribution in [0.3, 0.4) is 0 Å². The van der Waals surface area contributed by atoms with Crippen LogP contribution in [0.25, 0.3) is 0 Å². The first-order valence-corrected chi connectivity index (χ1v) is 8.54. The standard InChI is InChI=1S/C17H23N5O3/c1-11(2)17-20-15(25-21-17)4-5-16(23)22-8-9-24-14(10-22)13-6-7-18-12(3)19-13/h6-7,11,14H,4-5,8-10H2,1-3H3/t14-/m1/s1. The molecule has 1 aliphatic rings. The van der Waals surface area contributed by atoms with Crippen molar-refractivity contribution >= 4 is 5.91 Å². The van der Waals surface area contributed by atoms with Crippen LogP contribution in [0.5, 0.6) is 0 Å². The van der Waals surface area contributed by atoms with Gasteiger partial charge in [-0.1, -0.05) is 19.0 Å². The van der Waals surface area contributed by atoms with E-state index in [0.717, 1.165) is 5.69 Å². The molecule has 0 aliphatic carbocycles. The normalized spacial score (nSPS) is 17.9. The topological polar surface area (TPSA) is 94.2 Å².